The number of benzene rings is 1. The number of carboxylic acids is 1. The average Bonchev–Trinajstić information content (AvgIpc) is 2.54. The molecule has 1 aromatic carbocycles. The van der Waals surface area contributed by atoms with Crippen LogP contribution in [0.5, 0.6) is 5.75 Å². The molecule has 1 aromatic heterocycles. The highest BCUT2D eigenvalue weighted by atomic mass is 16.5. The number of aromatic nitrogens is 1. The predicted molar refractivity (Wildman–Crippen MR) is 89.2 cm³/mol. The molecule has 1 amide bonds. The summed E-state index contributed by atoms with van der Waals surface area (Å²) < 4.78 is 5.63. The van der Waals surface area contributed by atoms with E-state index in [2.05, 4.69) is 4.98 Å². The Hall–Kier alpha value is -2.89. The highest BCUT2D eigenvalue weighted by Gasteiger charge is 2.19. The summed E-state index contributed by atoms with van der Waals surface area (Å²) in [7, 11) is 1.67. The fraction of sp³-hybridized carbons (Fsp3) is 0.278. The van der Waals surface area contributed by atoms with Crippen molar-refractivity contribution < 1.29 is 19.4 Å². The Balaban J connectivity index is 2.13. The van der Waals surface area contributed by atoms with Gasteiger partial charge in [-0.25, -0.2) is 9.78 Å². The van der Waals surface area contributed by atoms with Crippen molar-refractivity contribution in [2.45, 2.75) is 26.5 Å². The molecule has 0 aliphatic heterocycles. The van der Waals surface area contributed by atoms with Crippen molar-refractivity contribution in [1.82, 2.24) is 9.88 Å². The molecule has 0 spiro atoms. The maximum Gasteiger partial charge on any atom is 0.335 e. The Kier molecular flexibility index (Phi) is 5.52. The normalized spacial score (nSPS) is 10.5. The smallest absolute Gasteiger partial charge is 0.335 e. The molecule has 0 fully saturated rings. The molecule has 2 aromatic rings. The van der Waals surface area contributed by atoms with Gasteiger partial charge in [-0.1, -0.05) is 12.1 Å². The van der Waals surface area contributed by atoms with Crippen LogP contribution in [0.3, 0.4) is 0 Å². The number of hydrogen-bond donors (Lipinski definition) is 1. The van der Waals surface area contributed by atoms with E-state index in [1.54, 1.807) is 37.5 Å². The summed E-state index contributed by atoms with van der Waals surface area (Å²) >= 11 is 0. The van der Waals surface area contributed by atoms with Gasteiger partial charge < -0.3 is 14.7 Å². The van der Waals surface area contributed by atoms with Gasteiger partial charge in [0.15, 0.2) is 11.4 Å². The van der Waals surface area contributed by atoms with E-state index in [9.17, 15) is 9.59 Å². The molecule has 24 heavy (non-hydrogen) atoms. The van der Waals surface area contributed by atoms with Gasteiger partial charge in [0, 0.05) is 19.8 Å². The van der Waals surface area contributed by atoms with Gasteiger partial charge in [0.05, 0.1) is 11.7 Å². The minimum Gasteiger partial charge on any atom is -0.489 e. The summed E-state index contributed by atoms with van der Waals surface area (Å²) in [5, 5.41) is 8.91. The zero-order valence-electron chi connectivity index (χ0n) is 13.9. The number of ether oxygens (including phenoxy) is 1. The van der Waals surface area contributed by atoms with Gasteiger partial charge in [-0.05, 0) is 43.7 Å². The monoisotopic (exact) mass is 328 g/mol. The van der Waals surface area contributed by atoms with Crippen molar-refractivity contribution in [3.8, 4) is 5.75 Å². The number of rotatable bonds is 6. The number of hydrogen-bond acceptors (Lipinski definition) is 4. The maximum absolute atomic E-state index is 12.6. The molecule has 0 aliphatic carbocycles. The molecule has 0 atom stereocenters. The summed E-state index contributed by atoms with van der Waals surface area (Å²) in [4.78, 5) is 29.1. The highest BCUT2D eigenvalue weighted by Crippen LogP contribution is 2.19. The van der Waals surface area contributed by atoms with Crippen LogP contribution in [0.25, 0.3) is 0 Å². The van der Waals surface area contributed by atoms with Crippen molar-refractivity contribution in [3.05, 3.63) is 59.4 Å². The van der Waals surface area contributed by atoms with E-state index in [1.165, 1.54) is 17.0 Å². The molecule has 0 unspecified atom stereocenters. The first-order chi connectivity index (χ1) is 11.4. The van der Waals surface area contributed by atoms with Crippen molar-refractivity contribution in [3.63, 3.8) is 0 Å². The van der Waals surface area contributed by atoms with Gasteiger partial charge in [-0.2, -0.15) is 0 Å². The van der Waals surface area contributed by atoms with Gasteiger partial charge in [-0.15, -0.1) is 0 Å². The van der Waals surface area contributed by atoms with E-state index >= 15 is 0 Å². The van der Waals surface area contributed by atoms with Gasteiger partial charge in [0.1, 0.15) is 0 Å². The SMILES string of the molecule is CC(C)Oc1cccnc1C(=O)N(C)Cc1ccc(C(=O)O)cc1. The largest absolute Gasteiger partial charge is 0.489 e. The molecule has 0 saturated heterocycles. The lowest BCUT2D eigenvalue weighted by Crippen LogP contribution is -2.28. The minimum atomic E-state index is -0.977. The Morgan fingerprint density at radius 3 is 2.46 bits per heavy atom. The number of pyridine rings is 1. The van der Waals surface area contributed by atoms with Crippen molar-refractivity contribution >= 4 is 11.9 Å². The van der Waals surface area contributed by atoms with Gasteiger partial charge in [-0.3, -0.25) is 4.79 Å². The number of amides is 1. The van der Waals surface area contributed by atoms with Gasteiger partial charge in [0.25, 0.3) is 5.91 Å². The molecule has 0 bridgehead atoms. The molecule has 1 heterocycles. The van der Waals surface area contributed by atoms with Crippen LogP contribution < -0.4 is 4.74 Å². The number of nitrogens with zero attached hydrogens (tertiary/aromatic N) is 2. The third kappa shape index (κ3) is 4.32. The second-order valence-corrected chi connectivity index (χ2v) is 5.68. The first kappa shape index (κ1) is 17.5. The maximum atomic E-state index is 12.6. The van der Waals surface area contributed by atoms with Gasteiger partial charge in [0.2, 0.25) is 0 Å². The number of carbonyl (C=O) groups is 2. The van der Waals surface area contributed by atoms with E-state index in [0.29, 0.717) is 12.3 Å². The fourth-order valence-electron chi connectivity index (χ4n) is 2.18. The van der Waals surface area contributed by atoms with E-state index in [-0.39, 0.29) is 23.3 Å². The standard InChI is InChI=1S/C18H20N2O4/c1-12(2)24-15-5-4-10-19-16(15)17(21)20(3)11-13-6-8-14(9-7-13)18(22)23/h4-10,12H,11H2,1-3H3,(H,22,23). The van der Waals surface area contributed by atoms with Crippen LogP contribution in [0, 0.1) is 0 Å². The summed E-state index contributed by atoms with van der Waals surface area (Å²) in [6.07, 6.45) is 1.49. The molecule has 126 valence electrons. The molecule has 1 N–H and O–H groups in total. The summed E-state index contributed by atoms with van der Waals surface area (Å²) in [5.41, 5.74) is 1.30. The summed E-state index contributed by atoms with van der Waals surface area (Å²) in [6.45, 7) is 4.11. The zero-order chi connectivity index (χ0) is 17.7. The zero-order valence-corrected chi connectivity index (χ0v) is 13.9. The molecule has 6 heteroatoms. The van der Waals surface area contributed by atoms with Crippen LogP contribution in [0.15, 0.2) is 42.6 Å². The van der Waals surface area contributed by atoms with Crippen molar-refractivity contribution in [2.24, 2.45) is 0 Å². The Labute approximate surface area is 140 Å². The second kappa shape index (κ2) is 7.59. The first-order valence-corrected chi connectivity index (χ1v) is 7.58. The Bertz CT molecular complexity index is 726. The Morgan fingerprint density at radius 2 is 1.88 bits per heavy atom. The Morgan fingerprint density at radius 1 is 1.21 bits per heavy atom. The van der Waals surface area contributed by atoms with Crippen LogP contribution in [-0.2, 0) is 6.54 Å². The lowest BCUT2D eigenvalue weighted by atomic mass is 10.1. The lowest BCUT2D eigenvalue weighted by molar-refractivity contribution is 0.0695. The number of carbonyl (C=O) groups excluding carboxylic acids is 1. The van der Waals surface area contributed by atoms with E-state index in [4.69, 9.17) is 9.84 Å². The first-order valence-electron chi connectivity index (χ1n) is 7.58. The molecule has 6 nitrogen and oxygen atoms in total. The van der Waals surface area contributed by atoms with E-state index in [1.807, 2.05) is 13.8 Å². The minimum absolute atomic E-state index is 0.0605. The van der Waals surface area contributed by atoms with Crippen LogP contribution in [0.2, 0.25) is 0 Å². The molecule has 0 aliphatic rings. The molecular weight excluding hydrogens is 308 g/mol. The highest BCUT2D eigenvalue weighted by molar-refractivity contribution is 5.94. The van der Waals surface area contributed by atoms with Crippen molar-refractivity contribution in [1.29, 1.82) is 0 Å². The predicted octanol–water partition coefficient (Wildman–Crippen LogP) is 2.84. The molecule has 0 radical (unpaired) electrons. The van der Waals surface area contributed by atoms with E-state index < -0.39 is 5.97 Å². The molecule has 2 rings (SSSR count). The fourth-order valence-corrected chi connectivity index (χ4v) is 2.18. The topological polar surface area (TPSA) is 79.7 Å². The second-order valence-electron chi connectivity index (χ2n) is 5.68. The number of aromatic carboxylic acids is 1. The van der Waals surface area contributed by atoms with Gasteiger partial charge >= 0.3 is 5.97 Å². The van der Waals surface area contributed by atoms with Crippen LogP contribution in [-0.4, -0.2) is 40.0 Å². The third-order valence-corrected chi connectivity index (χ3v) is 3.30. The van der Waals surface area contributed by atoms with Crippen LogP contribution in [0.1, 0.15) is 40.3 Å². The summed E-state index contributed by atoms with van der Waals surface area (Å²) in [6, 6.07) is 9.86. The van der Waals surface area contributed by atoms with E-state index in [0.717, 1.165) is 5.56 Å². The summed E-state index contributed by atoms with van der Waals surface area (Å²) in [5.74, 6) is -0.783. The molecule has 0 saturated carbocycles. The number of carboxylic acid groups (broad SMARTS) is 1. The van der Waals surface area contributed by atoms with Crippen LogP contribution in [0.4, 0.5) is 0 Å². The average molecular weight is 328 g/mol. The van der Waals surface area contributed by atoms with Crippen molar-refractivity contribution in [2.75, 3.05) is 7.05 Å². The lowest BCUT2D eigenvalue weighted by Gasteiger charge is -2.19. The quantitative estimate of drug-likeness (QED) is 0.882. The van der Waals surface area contributed by atoms with Crippen LogP contribution >= 0.6 is 0 Å². The third-order valence-electron chi connectivity index (χ3n) is 3.30. The molecular formula is C18H20N2O4.